The van der Waals surface area contributed by atoms with Gasteiger partial charge in [-0.2, -0.15) is 5.26 Å². The molecule has 0 aliphatic carbocycles. The number of esters is 1. The van der Waals surface area contributed by atoms with Crippen molar-refractivity contribution in [2.45, 2.75) is 33.1 Å². The third kappa shape index (κ3) is 3.56. The largest absolute Gasteiger partial charge is 0.496 e. The molecule has 0 amide bonds. The van der Waals surface area contributed by atoms with Gasteiger partial charge >= 0.3 is 5.97 Å². The summed E-state index contributed by atoms with van der Waals surface area (Å²) in [6.45, 7) is 5.60. The first kappa shape index (κ1) is 20.2. The number of nitriles is 1. The molecular weight excluding hydrogens is 348 g/mol. The molecule has 0 aromatic heterocycles. The lowest BCUT2D eigenvalue weighted by atomic mass is 9.81. The minimum Gasteiger partial charge on any atom is -0.496 e. The second-order valence-electron chi connectivity index (χ2n) is 5.85. The van der Waals surface area contributed by atoms with Crippen LogP contribution in [0.5, 0.6) is 11.5 Å². The second kappa shape index (κ2) is 8.49. The maximum Gasteiger partial charge on any atom is 0.338 e. The molecule has 0 spiro atoms. The normalized spacial score (nSPS) is 16.5. The highest BCUT2D eigenvalue weighted by atomic mass is 16.5. The lowest BCUT2D eigenvalue weighted by molar-refractivity contribution is -0.139. The summed E-state index contributed by atoms with van der Waals surface area (Å²) in [5, 5.41) is 9.71. The van der Waals surface area contributed by atoms with Crippen LogP contribution in [-0.2, 0) is 14.3 Å². The molecule has 0 saturated heterocycles. The highest BCUT2D eigenvalue weighted by molar-refractivity contribution is 5.93. The summed E-state index contributed by atoms with van der Waals surface area (Å²) in [6.07, 6.45) is 0.418. The van der Waals surface area contributed by atoms with Crippen LogP contribution in [-0.4, -0.2) is 26.8 Å². The van der Waals surface area contributed by atoms with Gasteiger partial charge in [0, 0.05) is 17.5 Å². The third-order valence-electron chi connectivity index (χ3n) is 4.43. The number of hydrogen-bond acceptors (Lipinski definition) is 7. The van der Waals surface area contributed by atoms with Gasteiger partial charge in [-0.05, 0) is 19.9 Å². The summed E-state index contributed by atoms with van der Waals surface area (Å²) in [5.41, 5.74) is 7.75. The average Bonchev–Trinajstić information content (AvgIpc) is 2.66. The summed E-state index contributed by atoms with van der Waals surface area (Å²) in [4.78, 5) is 12.7. The number of nitrogens with two attached hydrogens (primary N) is 1. The van der Waals surface area contributed by atoms with Gasteiger partial charge in [-0.1, -0.05) is 13.0 Å². The van der Waals surface area contributed by atoms with Gasteiger partial charge in [0.25, 0.3) is 0 Å². The molecule has 1 atom stereocenters. The zero-order valence-electron chi connectivity index (χ0n) is 16.2. The number of rotatable bonds is 6. The molecule has 1 aromatic carbocycles. The molecule has 1 heterocycles. The molecule has 0 radical (unpaired) electrons. The van der Waals surface area contributed by atoms with E-state index in [1.54, 1.807) is 26.2 Å². The molecular formula is C20H24N2O5. The Morgan fingerprint density at radius 1 is 1.30 bits per heavy atom. The monoisotopic (exact) mass is 372 g/mol. The molecule has 1 aliphatic heterocycles. The van der Waals surface area contributed by atoms with Crippen molar-refractivity contribution in [3.63, 3.8) is 0 Å². The zero-order valence-corrected chi connectivity index (χ0v) is 16.2. The van der Waals surface area contributed by atoms with Gasteiger partial charge in [0.15, 0.2) is 0 Å². The van der Waals surface area contributed by atoms with E-state index in [4.69, 9.17) is 24.7 Å². The molecule has 0 unspecified atom stereocenters. The molecule has 7 nitrogen and oxygen atoms in total. The molecule has 1 aliphatic rings. The topological polar surface area (TPSA) is 104 Å². The lowest BCUT2D eigenvalue weighted by Crippen LogP contribution is -2.26. The maximum atomic E-state index is 12.7. The number of carbonyl (C=O) groups is 1. The number of benzene rings is 1. The van der Waals surface area contributed by atoms with Gasteiger partial charge in [-0.3, -0.25) is 0 Å². The summed E-state index contributed by atoms with van der Waals surface area (Å²) in [6, 6.07) is 5.60. The van der Waals surface area contributed by atoms with Crippen LogP contribution in [0.15, 0.2) is 34.9 Å². The minimum atomic E-state index is -0.752. The van der Waals surface area contributed by atoms with E-state index in [1.165, 1.54) is 7.11 Å². The van der Waals surface area contributed by atoms with Crippen LogP contribution in [0.2, 0.25) is 0 Å². The fraction of sp³-hybridized carbons (Fsp3) is 0.400. The van der Waals surface area contributed by atoms with E-state index in [0.29, 0.717) is 29.2 Å². The zero-order chi connectivity index (χ0) is 20.1. The Morgan fingerprint density at radius 3 is 2.52 bits per heavy atom. The predicted molar refractivity (Wildman–Crippen MR) is 98.9 cm³/mol. The smallest absolute Gasteiger partial charge is 0.338 e. The standard InChI is InChI=1S/C20H24N2O5/c1-6-14-17(20(23)26-7-2)16(13(10-21)19(22)27-14)12-8-9-15(24-4)11(3)18(12)25-5/h8-9,16H,6-7,22H2,1-5H3/t16-/m0/s1. The highest BCUT2D eigenvalue weighted by Gasteiger charge is 2.39. The van der Waals surface area contributed by atoms with Gasteiger partial charge in [0.2, 0.25) is 5.88 Å². The number of ether oxygens (including phenoxy) is 4. The van der Waals surface area contributed by atoms with Crippen LogP contribution < -0.4 is 15.2 Å². The Balaban J connectivity index is 2.80. The predicted octanol–water partition coefficient (Wildman–Crippen LogP) is 3.05. The number of carbonyl (C=O) groups excluding carboxylic acids is 1. The van der Waals surface area contributed by atoms with Crippen molar-refractivity contribution in [2.24, 2.45) is 5.73 Å². The Morgan fingerprint density at radius 2 is 2.00 bits per heavy atom. The van der Waals surface area contributed by atoms with Crippen LogP contribution in [0.1, 0.15) is 37.3 Å². The number of nitrogens with zero attached hydrogens (tertiary/aromatic N) is 1. The number of allylic oxidation sites excluding steroid dienone is 2. The molecule has 1 aromatic rings. The first-order valence-corrected chi connectivity index (χ1v) is 8.64. The van der Waals surface area contributed by atoms with Crippen molar-refractivity contribution in [3.05, 3.63) is 46.0 Å². The number of hydrogen-bond donors (Lipinski definition) is 1. The first-order valence-electron chi connectivity index (χ1n) is 8.64. The lowest BCUT2D eigenvalue weighted by Gasteiger charge is -2.29. The second-order valence-corrected chi connectivity index (χ2v) is 5.85. The van der Waals surface area contributed by atoms with E-state index >= 15 is 0 Å². The van der Waals surface area contributed by atoms with Gasteiger partial charge in [-0.25, -0.2) is 4.79 Å². The molecule has 2 rings (SSSR count). The summed E-state index contributed by atoms with van der Waals surface area (Å²) >= 11 is 0. The van der Waals surface area contributed by atoms with Gasteiger partial charge < -0.3 is 24.7 Å². The number of methoxy groups -OCH3 is 2. The fourth-order valence-electron chi connectivity index (χ4n) is 3.24. The van der Waals surface area contributed by atoms with Gasteiger partial charge in [0.1, 0.15) is 28.9 Å². The van der Waals surface area contributed by atoms with E-state index < -0.39 is 11.9 Å². The van der Waals surface area contributed by atoms with Crippen molar-refractivity contribution >= 4 is 5.97 Å². The molecule has 0 bridgehead atoms. The Labute approximate surface area is 159 Å². The van der Waals surface area contributed by atoms with E-state index in [2.05, 4.69) is 6.07 Å². The molecule has 2 N–H and O–H groups in total. The van der Waals surface area contributed by atoms with Crippen molar-refractivity contribution < 1.29 is 23.7 Å². The van der Waals surface area contributed by atoms with E-state index in [0.717, 1.165) is 5.56 Å². The Bertz CT molecular complexity index is 849. The molecule has 0 fully saturated rings. The van der Waals surface area contributed by atoms with Gasteiger partial charge in [0.05, 0.1) is 32.3 Å². The minimum absolute atomic E-state index is 0.0251. The Hall–Kier alpha value is -3.14. The van der Waals surface area contributed by atoms with Crippen molar-refractivity contribution in [3.8, 4) is 17.6 Å². The van der Waals surface area contributed by atoms with E-state index in [-0.39, 0.29) is 23.6 Å². The highest BCUT2D eigenvalue weighted by Crippen LogP contribution is 2.46. The van der Waals surface area contributed by atoms with Crippen LogP contribution in [0.25, 0.3) is 0 Å². The van der Waals surface area contributed by atoms with Gasteiger partial charge in [-0.15, -0.1) is 0 Å². The molecule has 0 saturated carbocycles. The van der Waals surface area contributed by atoms with E-state index in [1.807, 2.05) is 13.8 Å². The summed E-state index contributed by atoms with van der Waals surface area (Å²) < 4.78 is 21.7. The van der Waals surface area contributed by atoms with Crippen LogP contribution in [0.4, 0.5) is 0 Å². The molecule has 27 heavy (non-hydrogen) atoms. The van der Waals surface area contributed by atoms with Crippen molar-refractivity contribution in [1.29, 1.82) is 5.26 Å². The molecule has 7 heteroatoms. The first-order chi connectivity index (χ1) is 12.9. The summed E-state index contributed by atoms with van der Waals surface area (Å²) in [7, 11) is 3.09. The average molecular weight is 372 g/mol. The SMILES string of the molecule is CCOC(=O)C1=C(CC)OC(N)=C(C#N)[C@@H]1c1ccc(OC)c(C)c1OC. The third-order valence-corrected chi connectivity index (χ3v) is 4.43. The van der Waals surface area contributed by atoms with Crippen molar-refractivity contribution in [2.75, 3.05) is 20.8 Å². The van der Waals surface area contributed by atoms with Crippen LogP contribution >= 0.6 is 0 Å². The molecule has 144 valence electrons. The van der Waals surface area contributed by atoms with Crippen LogP contribution in [0, 0.1) is 18.3 Å². The fourth-order valence-corrected chi connectivity index (χ4v) is 3.24. The Kier molecular flexibility index (Phi) is 6.35. The summed E-state index contributed by atoms with van der Waals surface area (Å²) in [5.74, 6) is 0.204. The quantitative estimate of drug-likeness (QED) is 0.765. The van der Waals surface area contributed by atoms with E-state index in [9.17, 15) is 10.1 Å². The maximum absolute atomic E-state index is 12.7. The van der Waals surface area contributed by atoms with Crippen LogP contribution in [0.3, 0.4) is 0 Å². The van der Waals surface area contributed by atoms with Crippen molar-refractivity contribution in [1.82, 2.24) is 0 Å².